The Labute approximate surface area is 110 Å². The van der Waals surface area contributed by atoms with Crippen molar-refractivity contribution in [1.82, 2.24) is 0 Å². The summed E-state index contributed by atoms with van der Waals surface area (Å²) in [5, 5.41) is 1.07. The summed E-state index contributed by atoms with van der Waals surface area (Å²) in [4.78, 5) is 0. The van der Waals surface area contributed by atoms with E-state index in [4.69, 9.17) is 4.42 Å². The fraction of sp³-hybridized carbons (Fsp3) is 0.733. The maximum Gasteiger partial charge on any atom is 0.160 e. The number of rotatable bonds is 10. The predicted octanol–water partition coefficient (Wildman–Crippen LogP) is 5.82. The molecule has 0 saturated carbocycles. The monoisotopic (exact) mass is 254 g/mol. The van der Waals surface area contributed by atoms with Crippen LogP contribution in [0, 0.1) is 6.92 Å². The first-order chi connectivity index (χ1) is 8.33. The molecule has 0 aromatic carbocycles. The average Bonchev–Trinajstić information content (AvgIpc) is 2.73. The first-order valence-electron chi connectivity index (χ1n) is 7.02. The number of aryl methyl sites for hydroxylation is 1. The first kappa shape index (κ1) is 14.7. The zero-order valence-electron chi connectivity index (χ0n) is 11.3. The molecule has 0 unspecified atom stereocenters. The van der Waals surface area contributed by atoms with E-state index in [2.05, 4.69) is 13.0 Å². The molecular weight excluding hydrogens is 228 g/mol. The van der Waals surface area contributed by atoms with Gasteiger partial charge in [-0.2, -0.15) is 0 Å². The van der Waals surface area contributed by atoms with Crippen LogP contribution in [0.15, 0.2) is 21.6 Å². The fourth-order valence-electron chi connectivity index (χ4n) is 1.90. The van der Waals surface area contributed by atoms with Crippen molar-refractivity contribution in [3.63, 3.8) is 0 Å². The number of hydrogen-bond donors (Lipinski definition) is 0. The van der Waals surface area contributed by atoms with Crippen molar-refractivity contribution in [3.8, 4) is 0 Å². The summed E-state index contributed by atoms with van der Waals surface area (Å²) in [6.45, 7) is 4.27. The van der Waals surface area contributed by atoms with E-state index in [9.17, 15) is 0 Å². The normalized spacial score (nSPS) is 10.9. The van der Waals surface area contributed by atoms with Crippen LogP contribution in [0.5, 0.6) is 0 Å². The van der Waals surface area contributed by atoms with Gasteiger partial charge >= 0.3 is 0 Å². The van der Waals surface area contributed by atoms with Gasteiger partial charge in [-0.25, -0.2) is 0 Å². The number of unbranched alkanes of at least 4 members (excludes halogenated alkanes) is 7. The van der Waals surface area contributed by atoms with E-state index in [0.717, 1.165) is 10.9 Å². The second-order valence-electron chi connectivity index (χ2n) is 4.69. The lowest BCUT2D eigenvalue weighted by atomic mass is 10.1. The van der Waals surface area contributed by atoms with Gasteiger partial charge in [-0.3, -0.25) is 0 Å². The third-order valence-corrected chi connectivity index (χ3v) is 3.95. The molecule has 1 rings (SSSR count). The van der Waals surface area contributed by atoms with Gasteiger partial charge in [0.25, 0.3) is 0 Å². The molecule has 0 aliphatic heterocycles. The Morgan fingerprint density at radius 3 is 2.18 bits per heavy atom. The summed E-state index contributed by atoms with van der Waals surface area (Å²) < 4.78 is 5.52. The summed E-state index contributed by atoms with van der Waals surface area (Å²) in [5.41, 5.74) is 0. The van der Waals surface area contributed by atoms with Crippen molar-refractivity contribution in [3.05, 3.63) is 17.9 Å². The van der Waals surface area contributed by atoms with E-state index in [0.29, 0.717) is 0 Å². The van der Waals surface area contributed by atoms with Crippen molar-refractivity contribution in [2.75, 3.05) is 5.75 Å². The van der Waals surface area contributed by atoms with Gasteiger partial charge in [0.1, 0.15) is 5.76 Å². The van der Waals surface area contributed by atoms with Crippen LogP contribution in [0.2, 0.25) is 0 Å². The Morgan fingerprint density at radius 2 is 1.59 bits per heavy atom. The molecule has 17 heavy (non-hydrogen) atoms. The van der Waals surface area contributed by atoms with Gasteiger partial charge in [0.05, 0.1) is 0 Å². The highest BCUT2D eigenvalue weighted by Gasteiger charge is 1.98. The molecule has 98 valence electrons. The van der Waals surface area contributed by atoms with Crippen molar-refractivity contribution < 1.29 is 4.42 Å². The third-order valence-electron chi connectivity index (χ3n) is 2.96. The predicted molar refractivity (Wildman–Crippen MR) is 76.8 cm³/mol. The maximum atomic E-state index is 5.52. The van der Waals surface area contributed by atoms with Gasteiger partial charge < -0.3 is 4.42 Å². The Bertz CT molecular complexity index is 280. The van der Waals surface area contributed by atoms with Gasteiger partial charge in [0.15, 0.2) is 5.09 Å². The van der Waals surface area contributed by atoms with Crippen LogP contribution >= 0.6 is 11.8 Å². The highest BCUT2D eigenvalue weighted by atomic mass is 32.2. The van der Waals surface area contributed by atoms with Crippen LogP contribution in [0.3, 0.4) is 0 Å². The summed E-state index contributed by atoms with van der Waals surface area (Å²) in [7, 11) is 0. The quantitative estimate of drug-likeness (QED) is 0.385. The lowest BCUT2D eigenvalue weighted by molar-refractivity contribution is 0.448. The highest BCUT2D eigenvalue weighted by molar-refractivity contribution is 7.99. The smallest absolute Gasteiger partial charge is 0.160 e. The van der Waals surface area contributed by atoms with Crippen molar-refractivity contribution >= 4 is 11.8 Å². The largest absolute Gasteiger partial charge is 0.455 e. The van der Waals surface area contributed by atoms with E-state index in [1.165, 1.54) is 57.1 Å². The molecule has 0 aliphatic rings. The fourth-order valence-corrected chi connectivity index (χ4v) is 2.80. The van der Waals surface area contributed by atoms with Crippen LogP contribution in [0.25, 0.3) is 0 Å². The summed E-state index contributed by atoms with van der Waals surface area (Å²) in [6.07, 6.45) is 11.1. The Hall–Kier alpha value is -0.370. The van der Waals surface area contributed by atoms with E-state index >= 15 is 0 Å². The SMILES string of the molecule is CCCCCCCCCCSc1ccc(C)o1. The van der Waals surface area contributed by atoms with E-state index in [1.807, 2.05) is 24.8 Å². The standard InChI is InChI=1S/C15H26OS/c1-3-4-5-6-7-8-9-10-13-17-15-12-11-14(2)16-15/h11-12H,3-10,13H2,1-2H3. The number of hydrogen-bond acceptors (Lipinski definition) is 2. The summed E-state index contributed by atoms with van der Waals surface area (Å²) in [6, 6.07) is 4.11. The van der Waals surface area contributed by atoms with Crippen molar-refractivity contribution in [2.24, 2.45) is 0 Å². The van der Waals surface area contributed by atoms with E-state index < -0.39 is 0 Å². The maximum absolute atomic E-state index is 5.52. The highest BCUT2D eigenvalue weighted by Crippen LogP contribution is 2.22. The van der Waals surface area contributed by atoms with Crippen LogP contribution in [-0.2, 0) is 0 Å². The van der Waals surface area contributed by atoms with Gasteiger partial charge in [0.2, 0.25) is 0 Å². The molecule has 1 aromatic rings. The molecule has 0 atom stereocenters. The summed E-state index contributed by atoms with van der Waals surface area (Å²) in [5.74, 6) is 2.21. The van der Waals surface area contributed by atoms with Crippen LogP contribution in [0.1, 0.15) is 64.1 Å². The molecule has 0 amide bonds. The van der Waals surface area contributed by atoms with E-state index in [1.54, 1.807) is 0 Å². The Kier molecular flexibility index (Phi) is 8.33. The van der Waals surface area contributed by atoms with Crippen LogP contribution in [0.4, 0.5) is 0 Å². The molecule has 0 radical (unpaired) electrons. The Morgan fingerprint density at radius 1 is 0.941 bits per heavy atom. The molecule has 0 aliphatic carbocycles. The van der Waals surface area contributed by atoms with Crippen LogP contribution < -0.4 is 0 Å². The lowest BCUT2D eigenvalue weighted by Crippen LogP contribution is -1.82. The molecule has 1 heterocycles. The van der Waals surface area contributed by atoms with Crippen molar-refractivity contribution in [2.45, 2.75) is 70.3 Å². The number of furan rings is 1. The minimum absolute atomic E-state index is 1.02. The summed E-state index contributed by atoms with van der Waals surface area (Å²) >= 11 is 1.85. The van der Waals surface area contributed by atoms with Gasteiger partial charge in [-0.05, 0) is 25.5 Å². The molecule has 0 saturated heterocycles. The molecular formula is C15H26OS. The van der Waals surface area contributed by atoms with Gasteiger partial charge in [-0.1, -0.05) is 63.6 Å². The second kappa shape index (κ2) is 9.64. The first-order valence-corrected chi connectivity index (χ1v) is 8.00. The molecule has 0 fully saturated rings. The van der Waals surface area contributed by atoms with E-state index in [-0.39, 0.29) is 0 Å². The van der Waals surface area contributed by atoms with Gasteiger partial charge in [0, 0.05) is 5.75 Å². The molecule has 1 nitrogen and oxygen atoms in total. The molecule has 0 spiro atoms. The molecule has 2 heteroatoms. The second-order valence-corrected chi connectivity index (χ2v) is 5.79. The van der Waals surface area contributed by atoms with Crippen LogP contribution in [-0.4, -0.2) is 5.75 Å². The molecule has 0 N–H and O–H groups in total. The number of thioether (sulfide) groups is 1. The zero-order valence-corrected chi connectivity index (χ0v) is 12.2. The minimum atomic E-state index is 1.02. The Balaban J connectivity index is 1.84. The lowest BCUT2D eigenvalue weighted by Gasteiger charge is -2.01. The van der Waals surface area contributed by atoms with Crippen molar-refractivity contribution in [1.29, 1.82) is 0 Å². The zero-order chi connectivity index (χ0) is 12.3. The van der Waals surface area contributed by atoms with Gasteiger partial charge in [-0.15, -0.1) is 0 Å². The third kappa shape index (κ3) is 7.54. The molecule has 1 aromatic heterocycles. The topological polar surface area (TPSA) is 13.1 Å². The average molecular weight is 254 g/mol. The molecule has 0 bridgehead atoms. The minimum Gasteiger partial charge on any atom is -0.455 e.